The van der Waals surface area contributed by atoms with Gasteiger partial charge in [0.1, 0.15) is 11.6 Å². The van der Waals surface area contributed by atoms with Crippen molar-refractivity contribution in [3.63, 3.8) is 0 Å². The summed E-state index contributed by atoms with van der Waals surface area (Å²) in [6.07, 6.45) is 1.36. The molecular formula is C36H47FN4O7S. The van der Waals surface area contributed by atoms with Crippen molar-refractivity contribution in [2.24, 2.45) is 5.92 Å². The number of ether oxygens (including phenoxy) is 2. The average molecular weight is 699 g/mol. The molecule has 1 aliphatic rings. The van der Waals surface area contributed by atoms with E-state index in [0.29, 0.717) is 30.2 Å². The van der Waals surface area contributed by atoms with E-state index in [4.69, 9.17) is 9.47 Å². The number of likely N-dealkylation sites (N-methyl/N-ethyl adjacent to an activating group) is 1. The number of carbonyl (C=O) groups excluding carboxylic acids is 2. The van der Waals surface area contributed by atoms with Crippen molar-refractivity contribution >= 4 is 33.3 Å². The van der Waals surface area contributed by atoms with Gasteiger partial charge >= 0.3 is 6.03 Å². The van der Waals surface area contributed by atoms with Crippen molar-refractivity contribution in [3.8, 4) is 5.75 Å². The maximum absolute atomic E-state index is 14.3. The molecule has 4 atom stereocenters. The number of hydrogen-bond acceptors (Lipinski definition) is 7. The molecule has 3 N–H and O–H groups in total. The van der Waals surface area contributed by atoms with Gasteiger partial charge in [0.2, 0.25) is 10.0 Å². The minimum atomic E-state index is -3.81. The van der Waals surface area contributed by atoms with Crippen LogP contribution in [0.5, 0.6) is 5.75 Å². The quantitative estimate of drug-likeness (QED) is 0.267. The number of aliphatic hydroxyl groups excluding tert-OH is 1. The second-order valence-electron chi connectivity index (χ2n) is 12.7. The molecule has 4 rings (SSSR count). The van der Waals surface area contributed by atoms with Crippen LogP contribution in [0.15, 0.2) is 71.6 Å². The number of hydrogen-bond donors (Lipinski definition) is 3. The van der Waals surface area contributed by atoms with Crippen molar-refractivity contribution in [2.75, 3.05) is 44.0 Å². The third-order valence-electron chi connectivity index (χ3n) is 8.58. The zero-order valence-corrected chi connectivity index (χ0v) is 29.5. The van der Waals surface area contributed by atoms with Gasteiger partial charge in [-0.1, -0.05) is 24.6 Å². The van der Waals surface area contributed by atoms with Gasteiger partial charge in [0.15, 0.2) is 0 Å². The van der Waals surface area contributed by atoms with Crippen LogP contribution in [0.4, 0.5) is 20.6 Å². The molecular weight excluding hydrogens is 651 g/mol. The molecule has 0 bridgehead atoms. The molecule has 3 aromatic rings. The number of fused-ring (bicyclic) bond motifs is 1. The van der Waals surface area contributed by atoms with Crippen molar-refractivity contribution in [1.29, 1.82) is 0 Å². The third kappa shape index (κ3) is 10.2. The van der Waals surface area contributed by atoms with E-state index in [1.54, 1.807) is 43.3 Å². The third-order valence-corrected chi connectivity index (χ3v) is 10.4. The van der Waals surface area contributed by atoms with Crippen LogP contribution in [0.3, 0.4) is 0 Å². The highest BCUT2D eigenvalue weighted by Gasteiger charge is 2.32. The number of rotatable bonds is 8. The molecule has 3 amide bonds. The summed E-state index contributed by atoms with van der Waals surface area (Å²) < 4.78 is 54.1. The topological polar surface area (TPSA) is 138 Å². The molecule has 3 aromatic carbocycles. The summed E-state index contributed by atoms with van der Waals surface area (Å²) in [6.45, 7) is 7.68. The Hall–Kier alpha value is -4.04. The Balaban J connectivity index is 1.62. The summed E-state index contributed by atoms with van der Waals surface area (Å²) in [4.78, 5) is 28.8. The fraction of sp³-hybridized carbons (Fsp3) is 0.444. The summed E-state index contributed by atoms with van der Waals surface area (Å²) in [5.74, 6) is -0.881. The van der Waals surface area contributed by atoms with Crippen molar-refractivity contribution < 1.29 is 37.0 Å². The molecule has 1 aliphatic heterocycles. The predicted octanol–water partition coefficient (Wildman–Crippen LogP) is 5.89. The van der Waals surface area contributed by atoms with Gasteiger partial charge in [-0.3, -0.25) is 4.79 Å². The number of carbonyl (C=O) groups is 2. The zero-order chi connectivity index (χ0) is 35.7. The highest BCUT2D eigenvalue weighted by atomic mass is 32.2. The monoisotopic (exact) mass is 698 g/mol. The van der Waals surface area contributed by atoms with Gasteiger partial charge in [0.05, 0.1) is 35.3 Å². The number of urea groups is 1. The number of sulfonamides is 1. The second-order valence-corrected chi connectivity index (χ2v) is 14.7. The van der Waals surface area contributed by atoms with E-state index in [9.17, 15) is 27.5 Å². The van der Waals surface area contributed by atoms with E-state index in [2.05, 4.69) is 10.6 Å². The van der Waals surface area contributed by atoms with Crippen LogP contribution in [0, 0.1) is 18.7 Å². The molecule has 0 spiro atoms. The number of aliphatic hydroxyl groups is 1. The fourth-order valence-electron chi connectivity index (χ4n) is 5.53. The highest BCUT2D eigenvalue weighted by molar-refractivity contribution is 7.89. The Morgan fingerprint density at radius 3 is 2.37 bits per heavy atom. The van der Waals surface area contributed by atoms with Crippen LogP contribution in [-0.4, -0.2) is 86.3 Å². The van der Waals surface area contributed by atoms with Crippen molar-refractivity contribution in [2.45, 2.75) is 70.1 Å². The Bertz CT molecular complexity index is 1670. The fourth-order valence-corrected chi connectivity index (χ4v) is 6.71. The van der Waals surface area contributed by atoms with Crippen LogP contribution in [0.2, 0.25) is 0 Å². The first-order valence-electron chi connectivity index (χ1n) is 16.5. The van der Waals surface area contributed by atoms with Crippen molar-refractivity contribution in [3.05, 3.63) is 83.7 Å². The van der Waals surface area contributed by atoms with Gasteiger partial charge in [0, 0.05) is 44.0 Å². The molecule has 0 saturated heterocycles. The lowest BCUT2D eigenvalue weighted by Gasteiger charge is -2.35. The number of benzene rings is 3. The second kappa shape index (κ2) is 17.1. The number of anilines is 2. The molecule has 0 unspecified atom stereocenters. The molecule has 13 heteroatoms. The highest BCUT2D eigenvalue weighted by Crippen LogP contribution is 2.29. The molecule has 266 valence electrons. The molecule has 0 radical (unpaired) electrons. The molecule has 49 heavy (non-hydrogen) atoms. The summed E-state index contributed by atoms with van der Waals surface area (Å²) in [5.41, 5.74) is 1.84. The maximum atomic E-state index is 14.3. The smallest absolute Gasteiger partial charge is 0.323 e. The van der Waals surface area contributed by atoms with E-state index >= 15 is 0 Å². The molecule has 0 aliphatic carbocycles. The lowest BCUT2D eigenvalue weighted by Crippen LogP contribution is -2.48. The Morgan fingerprint density at radius 2 is 1.69 bits per heavy atom. The molecule has 11 nitrogen and oxygen atoms in total. The Kier molecular flexibility index (Phi) is 13.2. The molecule has 0 fully saturated rings. The summed E-state index contributed by atoms with van der Waals surface area (Å²) in [7, 11) is -2.29. The first-order valence-corrected chi connectivity index (χ1v) is 17.9. The molecule has 0 aromatic heterocycles. The van der Waals surface area contributed by atoms with Crippen LogP contribution < -0.4 is 15.4 Å². The van der Waals surface area contributed by atoms with Gasteiger partial charge in [-0.05, 0) is 94.6 Å². The Labute approximate surface area is 288 Å². The van der Waals surface area contributed by atoms with E-state index < -0.39 is 39.9 Å². The van der Waals surface area contributed by atoms with Gasteiger partial charge in [0.25, 0.3) is 5.91 Å². The number of amides is 3. The van der Waals surface area contributed by atoms with Crippen LogP contribution in [-0.2, 0) is 14.8 Å². The van der Waals surface area contributed by atoms with E-state index in [0.717, 1.165) is 18.4 Å². The van der Waals surface area contributed by atoms with Crippen LogP contribution in [0.1, 0.15) is 56.0 Å². The largest absolute Gasteiger partial charge is 0.490 e. The average Bonchev–Trinajstić information content (AvgIpc) is 3.07. The molecule has 0 saturated carbocycles. The Morgan fingerprint density at radius 1 is 1.04 bits per heavy atom. The summed E-state index contributed by atoms with van der Waals surface area (Å²) in [5, 5.41) is 15.6. The first kappa shape index (κ1) is 37.8. The van der Waals surface area contributed by atoms with Crippen LogP contribution in [0.25, 0.3) is 0 Å². The van der Waals surface area contributed by atoms with E-state index in [1.807, 2.05) is 20.8 Å². The maximum Gasteiger partial charge on any atom is 0.323 e. The number of nitrogens with one attached hydrogen (secondary N) is 2. The SMILES string of the molecule is Cc1ccc(S(=O)(=O)N(C)C[C@@H]2OCCCC[C@H](C)Oc3ccc(NC(=O)Nc4ccc(F)cc4)cc3C(=O)N([C@@H](C)CO)C[C@H]2C)cc1. The lowest BCUT2D eigenvalue weighted by atomic mass is 10.0. The van der Waals surface area contributed by atoms with Gasteiger partial charge < -0.3 is 30.1 Å². The molecule has 1 heterocycles. The lowest BCUT2D eigenvalue weighted by molar-refractivity contribution is -0.00833. The standard InChI is InChI=1S/C36H47FN4O7S/c1-24-9-16-31(17-10-24)49(45,46)40(5)22-34-25(2)21-41(26(3)23-42)35(43)32-20-30(39-36(44)38-29-13-11-28(37)12-14-29)15-18-33(32)48-27(4)8-6-7-19-47-34/h9-18,20,25-27,34,42H,6-8,19,21-23H2,1-5H3,(H2,38,39,44)/t25-,26+,27+,34+/m1/s1. The number of nitrogens with zero attached hydrogens (tertiary/aromatic N) is 2. The van der Waals surface area contributed by atoms with E-state index in [-0.39, 0.29) is 42.2 Å². The minimum absolute atomic E-state index is 0.0558. The predicted molar refractivity (Wildman–Crippen MR) is 187 cm³/mol. The van der Waals surface area contributed by atoms with Gasteiger partial charge in [-0.15, -0.1) is 0 Å². The van der Waals surface area contributed by atoms with Gasteiger partial charge in [-0.2, -0.15) is 4.31 Å². The van der Waals surface area contributed by atoms with Crippen LogP contribution >= 0.6 is 0 Å². The normalized spacial score (nSPS) is 20.1. The van der Waals surface area contributed by atoms with Crippen molar-refractivity contribution in [1.82, 2.24) is 9.21 Å². The zero-order valence-electron chi connectivity index (χ0n) is 28.7. The number of halogens is 1. The number of aryl methyl sites for hydroxylation is 1. The summed E-state index contributed by atoms with van der Waals surface area (Å²) in [6, 6.07) is 15.6. The first-order chi connectivity index (χ1) is 23.3. The van der Waals surface area contributed by atoms with Gasteiger partial charge in [-0.25, -0.2) is 17.6 Å². The summed E-state index contributed by atoms with van der Waals surface area (Å²) >= 11 is 0. The minimum Gasteiger partial charge on any atom is -0.490 e. The van der Waals surface area contributed by atoms with E-state index in [1.165, 1.54) is 46.6 Å².